The third-order valence-electron chi connectivity index (χ3n) is 5.34. The van der Waals surface area contributed by atoms with Gasteiger partial charge in [-0.2, -0.15) is 0 Å². The number of carbonyl (C=O) groups is 1. The highest BCUT2D eigenvalue weighted by molar-refractivity contribution is 7.14. The fourth-order valence-corrected chi connectivity index (χ4v) is 4.37. The molecule has 4 aromatic rings. The Balaban J connectivity index is 1.44. The fraction of sp³-hybridized carbons (Fsp3) is 0.138. The van der Waals surface area contributed by atoms with Gasteiger partial charge in [0.2, 0.25) is 0 Å². The van der Waals surface area contributed by atoms with Crippen LogP contribution in [-0.2, 0) is 13.0 Å². The zero-order chi connectivity index (χ0) is 23.0. The van der Waals surface area contributed by atoms with E-state index >= 15 is 0 Å². The molecule has 4 heteroatoms. The number of hydrogen-bond donors (Lipinski definition) is 0. The van der Waals surface area contributed by atoms with Gasteiger partial charge in [0.15, 0.2) is 5.78 Å². The Morgan fingerprint density at radius 2 is 1.67 bits per heavy atom. The molecular weight excluding hydrogens is 428 g/mol. The summed E-state index contributed by atoms with van der Waals surface area (Å²) in [7, 11) is 1.65. The number of ketones is 1. The second kappa shape index (κ2) is 10.8. The van der Waals surface area contributed by atoms with Crippen molar-refractivity contribution in [2.24, 2.45) is 0 Å². The number of benzene rings is 3. The number of ether oxygens (including phenoxy) is 2. The molecule has 0 bridgehead atoms. The number of rotatable bonds is 9. The minimum absolute atomic E-state index is 0.0202. The summed E-state index contributed by atoms with van der Waals surface area (Å²) in [5.41, 5.74) is 4.17. The van der Waals surface area contributed by atoms with E-state index in [1.165, 1.54) is 10.4 Å². The van der Waals surface area contributed by atoms with E-state index in [9.17, 15) is 4.79 Å². The fourth-order valence-electron chi connectivity index (χ4n) is 3.50. The number of hydrogen-bond acceptors (Lipinski definition) is 4. The zero-order valence-corrected chi connectivity index (χ0v) is 19.6. The van der Waals surface area contributed by atoms with Gasteiger partial charge in [0.05, 0.1) is 12.0 Å². The Labute approximate surface area is 198 Å². The Hall–Kier alpha value is -3.63. The predicted octanol–water partition coefficient (Wildman–Crippen LogP) is 7.46. The molecule has 0 fully saturated rings. The van der Waals surface area contributed by atoms with Gasteiger partial charge in [0.1, 0.15) is 18.1 Å². The van der Waals surface area contributed by atoms with E-state index < -0.39 is 0 Å². The summed E-state index contributed by atoms with van der Waals surface area (Å²) in [6, 6.07) is 28.1. The molecule has 0 aliphatic rings. The molecule has 0 spiro atoms. The average molecular weight is 455 g/mol. The molecule has 0 amide bonds. The lowest BCUT2D eigenvalue weighted by Gasteiger charge is -2.12. The first-order chi connectivity index (χ1) is 16.2. The number of carbonyl (C=O) groups excluding carboxylic acids is 1. The zero-order valence-electron chi connectivity index (χ0n) is 18.8. The van der Waals surface area contributed by atoms with Gasteiger partial charge >= 0.3 is 0 Å². The molecule has 0 unspecified atom stereocenters. The van der Waals surface area contributed by atoms with Crippen LogP contribution in [0.5, 0.6) is 11.5 Å². The van der Waals surface area contributed by atoms with Crippen molar-refractivity contribution in [1.82, 2.24) is 0 Å². The lowest BCUT2D eigenvalue weighted by Crippen LogP contribution is -1.99. The molecule has 1 heterocycles. The van der Waals surface area contributed by atoms with Crippen molar-refractivity contribution in [2.45, 2.75) is 20.0 Å². The van der Waals surface area contributed by atoms with E-state index in [4.69, 9.17) is 9.47 Å². The molecule has 0 radical (unpaired) electrons. The van der Waals surface area contributed by atoms with Gasteiger partial charge in [-0.25, -0.2) is 0 Å². The summed E-state index contributed by atoms with van der Waals surface area (Å²) in [5, 5.41) is 0. The quantitative estimate of drug-likeness (QED) is 0.194. The molecule has 3 aromatic carbocycles. The highest BCUT2D eigenvalue weighted by atomic mass is 32.1. The van der Waals surface area contributed by atoms with Gasteiger partial charge in [0, 0.05) is 10.4 Å². The van der Waals surface area contributed by atoms with Crippen molar-refractivity contribution in [3.63, 3.8) is 0 Å². The summed E-state index contributed by atoms with van der Waals surface area (Å²) < 4.78 is 11.5. The van der Waals surface area contributed by atoms with Crippen LogP contribution in [0, 0.1) is 0 Å². The summed E-state index contributed by atoms with van der Waals surface area (Å²) in [5.74, 6) is 1.56. The van der Waals surface area contributed by atoms with Gasteiger partial charge in [0.25, 0.3) is 0 Å². The van der Waals surface area contributed by atoms with E-state index in [1.54, 1.807) is 24.5 Å². The molecule has 1 aromatic heterocycles. The van der Waals surface area contributed by atoms with Gasteiger partial charge < -0.3 is 9.47 Å². The number of thiophene rings is 1. The molecule has 3 nitrogen and oxygen atoms in total. The SMILES string of the molecule is CCc1ccc(C(=O)/C=C/c2ccc(OC)c(COc3ccc(-c4ccccc4)cc3)c2)s1. The lowest BCUT2D eigenvalue weighted by atomic mass is 10.1. The molecule has 4 rings (SSSR count). The minimum Gasteiger partial charge on any atom is -0.496 e. The van der Waals surface area contributed by atoms with Crippen LogP contribution in [0.2, 0.25) is 0 Å². The van der Waals surface area contributed by atoms with Crippen LogP contribution < -0.4 is 9.47 Å². The lowest BCUT2D eigenvalue weighted by molar-refractivity contribution is 0.105. The van der Waals surface area contributed by atoms with Crippen molar-refractivity contribution < 1.29 is 14.3 Å². The van der Waals surface area contributed by atoms with Crippen LogP contribution in [0.1, 0.15) is 32.6 Å². The topological polar surface area (TPSA) is 35.5 Å². The van der Waals surface area contributed by atoms with E-state index in [2.05, 4.69) is 31.2 Å². The monoisotopic (exact) mass is 454 g/mol. The van der Waals surface area contributed by atoms with Crippen LogP contribution in [0.3, 0.4) is 0 Å². The molecule has 0 saturated carbocycles. The third kappa shape index (κ3) is 5.79. The highest BCUT2D eigenvalue weighted by Crippen LogP contribution is 2.26. The Morgan fingerprint density at radius 3 is 2.36 bits per heavy atom. The number of methoxy groups -OCH3 is 1. The van der Waals surface area contributed by atoms with Gasteiger partial charge in [-0.15, -0.1) is 11.3 Å². The average Bonchev–Trinajstić information content (AvgIpc) is 3.36. The summed E-state index contributed by atoms with van der Waals surface area (Å²) in [6.45, 7) is 2.46. The maximum absolute atomic E-state index is 12.5. The Bertz CT molecular complexity index is 1240. The second-order valence-electron chi connectivity index (χ2n) is 7.57. The first-order valence-corrected chi connectivity index (χ1v) is 11.7. The van der Waals surface area contributed by atoms with Crippen LogP contribution in [0.4, 0.5) is 0 Å². The first kappa shape index (κ1) is 22.6. The summed E-state index contributed by atoms with van der Waals surface area (Å²) in [4.78, 5) is 14.4. The Kier molecular flexibility index (Phi) is 7.38. The smallest absolute Gasteiger partial charge is 0.195 e. The van der Waals surface area contributed by atoms with Crippen LogP contribution in [0.15, 0.2) is 91.0 Å². The van der Waals surface area contributed by atoms with Gasteiger partial charge in [-0.3, -0.25) is 4.79 Å². The number of allylic oxidation sites excluding steroid dienone is 1. The Morgan fingerprint density at radius 1 is 0.909 bits per heavy atom. The largest absolute Gasteiger partial charge is 0.496 e. The second-order valence-corrected chi connectivity index (χ2v) is 8.74. The molecule has 0 aliphatic heterocycles. The molecular formula is C29H26O3S. The molecule has 166 valence electrons. The van der Waals surface area contributed by atoms with Crippen molar-refractivity contribution in [1.29, 1.82) is 0 Å². The maximum Gasteiger partial charge on any atom is 0.195 e. The van der Waals surface area contributed by atoms with Gasteiger partial charge in [-0.05, 0) is 65.6 Å². The van der Waals surface area contributed by atoms with Crippen LogP contribution >= 0.6 is 11.3 Å². The molecule has 0 N–H and O–H groups in total. The first-order valence-electron chi connectivity index (χ1n) is 10.9. The normalized spacial score (nSPS) is 11.0. The van der Waals surface area contributed by atoms with Gasteiger partial charge in [-0.1, -0.05) is 61.5 Å². The van der Waals surface area contributed by atoms with E-state index in [1.807, 2.05) is 66.7 Å². The highest BCUT2D eigenvalue weighted by Gasteiger charge is 2.08. The standard InChI is InChI=1S/C29H26O3S/c1-3-26-15-18-29(33-26)27(30)16-9-21-10-17-28(31-2)24(19-21)20-32-25-13-11-23(12-14-25)22-7-5-4-6-8-22/h4-19H,3,20H2,1-2H3/b16-9+. The van der Waals surface area contributed by atoms with Crippen molar-refractivity contribution in [3.05, 3.63) is 112 Å². The molecule has 0 atom stereocenters. The minimum atomic E-state index is 0.0202. The van der Waals surface area contributed by atoms with Crippen molar-refractivity contribution in [3.8, 4) is 22.6 Å². The summed E-state index contributed by atoms with van der Waals surface area (Å²) >= 11 is 1.55. The van der Waals surface area contributed by atoms with Crippen molar-refractivity contribution in [2.75, 3.05) is 7.11 Å². The number of aryl methyl sites for hydroxylation is 1. The van der Waals surface area contributed by atoms with E-state index in [0.29, 0.717) is 6.61 Å². The summed E-state index contributed by atoms with van der Waals surface area (Å²) in [6.07, 6.45) is 4.41. The third-order valence-corrected chi connectivity index (χ3v) is 6.58. The van der Waals surface area contributed by atoms with E-state index in [0.717, 1.165) is 39.5 Å². The molecule has 0 saturated heterocycles. The molecule has 0 aliphatic carbocycles. The van der Waals surface area contributed by atoms with Crippen LogP contribution in [0.25, 0.3) is 17.2 Å². The van der Waals surface area contributed by atoms with Crippen molar-refractivity contribution >= 4 is 23.2 Å². The van der Waals surface area contributed by atoms with Crippen LogP contribution in [-0.4, -0.2) is 12.9 Å². The van der Waals surface area contributed by atoms with E-state index in [-0.39, 0.29) is 5.78 Å². The maximum atomic E-state index is 12.5. The predicted molar refractivity (Wildman–Crippen MR) is 136 cm³/mol. The molecule has 33 heavy (non-hydrogen) atoms.